The van der Waals surface area contributed by atoms with E-state index < -0.39 is 22.4 Å². The summed E-state index contributed by atoms with van der Waals surface area (Å²) in [7, 11) is 0. The third-order valence-electron chi connectivity index (χ3n) is 5.35. The Morgan fingerprint density at radius 3 is 2.26 bits per heavy atom. The Hall–Kier alpha value is -2.32. The van der Waals surface area contributed by atoms with E-state index >= 15 is 0 Å². The molecule has 0 N–H and O–H groups in total. The molecule has 0 aromatic heterocycles. The zero-order chi connectivity index (χ0) is 19.6. The molecule has 0 atom stereocenters. The van der Waals surface area contributed by atoms with Crippen LogP contribution >= 0.6 is 0 Å². The molecule has 1 amide bonds. The molecule has 1 aromatic rings. The van der Waals surface area contributed by atoms with Gasteiger partial charge < -0.3 is 9.80 Å². The molecule has 2 saturated heterocycles. The predicted molar refractivity (Wildman–Crippen MR) is 93.5 cm³/mol. The molecule has 2 aliphatic heterocycles. The summed E-state index contributed by atoms with van der Waals surface area (Å²) in [5.41, 5.74) is -1.41. The van der Waals surface area contributed by atoms with Crippen LogP contribution in [0.2, 0.25) is 0 Å². The topological polar surface area (TPSA) is 66.7 Å². The monoisotopic (exact) mass is 385 g/mol. The second-order valence-electron chi connectivity index (χ2n) is 7.11. The molecule has 3 rings (SSSR count). The number of alkyl halides is 3. The first-order valence-corrected chi connectivity index (χ1v) is 9.17. The Bertz CT molecular complexity index is 710. The van der Waals surface area contributed by atoms with Gasteiger partial charge in [0.25, 0.3) is 5.69 Å². The number of rotatable bonds is 3. The Morgan fingerprint density at radius 2 is 1.70 bits per heavy atom. The van der Waals surface area contributed by atoms with Gasteiger partial charge in [0, 0.05) is 38.2 Å². The van der Waals surface area contributed by atoms with Gasteiger partial charge in [0.15, 0.2) is 0 Å². The minimum Gasteiger partial charge on any atom is -0.366 e. The predicted octanol–water partition coefficient (Wildman–Crippen LogP) is 3.84. The number of amides is 1. The quantitative estimate of drug-likeness (QED) is 0.586. The average molecular weight is 385 g/mol. The minimum absolute atomic E-state index is 0.118. The van der Waals surface area contributed by atoms with Crippen LogP contribution in [0.4, 0.5) is 24.5 Å². The van der Waals surface area contributed by atoms with E-state index in [1.165, 1.54) is 0 Å². The van der Waals surface area contributed by atoms with Gasteiger partial charge >= 0.3 is 6.18 Å². The molecule has 9 heteroatoms. The highest BCUT2D eigenvalue weighted by Crippen LogP contribution is 2.37. The molecule has 0 saturated carbocycles. The molecule has 2 aliphatic rings. The molecular weight excluding hydrogens is 363 g/mol. The highest BCUT2D eigenvalue weighted by molar-refractivity contribution is 5.79. The van der Waals surface area contributed by atoms with Gasteiger partial charge in [0.1, 0.15) is 5.69 Å². The second-order valence-corrected chi connectivity index (χ2v) is 7.11. The van der Waals surface area contributed by atoms with Crippen LogP contribution in [0.15, 0.2) is 18.2 Å². The minimum atomic E-state index is -4.63. The standard InChI is InChI=1S/C18H22F3N3O3/c19-18(20,21)14-4-5-15(16(12-14)24(26)27)22-10-6-13(7-11-22)17(25)23-8-2-1-3-9-23/h4-5,12-13H,1-3,6-11H2. The van der Waals surface area contributed by atoms with Crippen molar-refractivity contribution < 1.29 is 22.9 Å². The maximum absolute atomic E-state index is 12.8. The largest absolute Gasteiger partial charge is 0.416 e. The Balaban J connectivity index is 1.70. The van der Waals surface area contributed by atoms with E-state index in [9.17, 15) is 28.1 Å². The molecular formula is C18H22F3N3O3. The molecule has 0 unspecified atom stereocenters. The smallest absolute Gasteiger partial charge is 0.366 e. The van der Waals surface area contributed by atoms with Crippen molar-refractivity contribution >= 4 is 17.3 Å². The van der Waals surface area contributed by atoms with Crippen LogP contribution in [0.1, 0.15) is 37.7 Å². The maximum Gasteiger partial charge on any atom is 0.416 e. The number of nitro groups is 1. The fourth-order valence-electron chi connectivity index (χ4n) is 3.85. The van der Waals surface area contributed by atoms with Crippen molar-refractivity contribution in [3.8, 4) is 0 Å². The number of carbonyl (C=O) groups excluding carboxylic acids is 1. The summed E-state index contributed by atoms with van der Waals surface area (Å²) in [6.45, 7) is 2.39. The van der Waals surface area contributed by atoms with Crippen molar-refractivity contribution in [2.45, 2.75) is 38.3 Å². The number of halogens is 3. The molecule has 0 spiro atoms. The lowest BCUT2D eigenvalue weighted by Crippen LogP contribution is -2.44. The zero-order valence-electron chi connectivity index (χ0n) is 14.9. The summed E-state index contributed by atoms with van der Waals surface area (Å²) in [5.74, 6) is 0.0177. The number of anilines is 1. The lowest BCUT2D eigenvalue weighted by atomic mass is 9.93. The number of piperidine rings is 2. The van der Waals surface area contributed by atoms with Crippen molar-refractivity contribution in [1.82, 2.24) is 4.90 Å². The van der Waals surface area contributed by atoms with Gasteiger partial charge in [-0.05, 0) is 44.2 Å². The second kappa shape index (κ2) is 7.74. The fraction of sp³-hybridized carbons (Fsp3) is 0.611. The summed E-state index contributed by atoms with van der Waals surface area (Å²) < 4.78 is 38.5. The Morgan fingerprint density at radius 1 is 1.07 bits per heavy atom. The van der Waals surface area contributed by atoms with E-state index in [4.69, 9.17) is 0 Å². The number of nitrogens with zero attached hydrogens (tertiary/aromatic N) is 3. The van der Waals surface area contributed by atoms with E-state index in [1.54, 1.807) is 4.90 Å². The highest BCUT2D eigenvalue weighted by atomic mass is 19.4. The number of carbonyl (C=O) groups is 1. The number of nitro benzene ring substituents is 1. The number of likely N-dealkylation sites (tertiary alicyclic amines) is 1. The lowest BCUT2D eigenvalue weighted by Gasteiger charge is -2.36. The van der Waals surface area contributed by atoms with Crippen LogP contribution in [0.5, 0.6) is 0 Å². The van der Waals surface area contributed by atoms with Crippen molar-refractivity contribution in [1.29, 1.82) is 0 Å². The summed E-state index contributed by atoms with van der Waals surface area (Å²) in [6, 6.07) is 2.61. The molecule has 1 aromatic carbocycles. The molecule has 2 fully saturated rings. The maximum atomic E-state index is 12.8. The van der Waals surface area contributed by atoms with Gasteiger partial charge in [-0.15, -0.1) is 0 Å². The van der Waals surface area contributed by atoms with Crippen molar-refractivity contribution in [2.75, 3.05) is 31.1 Å². The number of benzene rings is 1. The van der Waals surface area contributed by atoms with Gasteiger partial charge in [-0.1, -0.05) is 0 Å². The van der Waals surface area contributed by atoms with Crippen LogP contribution in [-0.2, 0) is 11.0 Å². The summed E-state index contributed by atoms with van der Waals surface area (Å²) >= 11 is 0. The van der Waals surface area contributed by atoms with Crippen LogP contribution in [0.3, 0.4) is 0 Å². The van der Waals surface area contributed by atoms with Crippen molar-refractivity contribution in [3.05, 3.63) is 33.9 Å². The molecule has 148 valence electrons. The third-order valence-corrected chi connectivity index (χ3v) is 5.35. The summed E-state index contributed by atoms with van der Waals surface area (Å²) in [5, 5.41) is 11.3. The first-order valence-electron chi connectivity index (χ1n) is 9.17. The van der Waals surface area contributed by atoms with E-state index in [-0.39, 0.29) is 17.5 Å². The molecule has 0 bridgehead atoms. The molecule has 2 heterocycles. The summed E-state index contributed by atoms with van der Waals surface area (Å²) in [4.78, 5) is 26.7. The molecule has 6 nitrogen and oxygen atoms in total. The highest BCUT2D eigenvalue weighted by Gasteiger charge is 2.35. The first-order chi connectivity index (χ1) is 12.8. The molecule has 0 aliphatic carbocycles. The zero-order valence-corrected chi connectivity index (χ0v) is 14.9. The van der Waals surface area contributed by atoms with Gasteiger partial charge in [-0.2, -0.15) is 13.2 Å². The Kier molecular flexibility index (Phi) is 5.57. The third kappa shape index (κ3) is 4.33. The van der Waals surface area contributed by atoms with Crippen LogP contribution in [0.25, 0.3) is 0 Å². The summed E-state index contributed by atoms with van der Waals surface area (Å²) in [6.07, 6.45) is -0.358. The number of hydrogen-bond acceptors (Lipinski definition) is 4. The van der Waals surface area contributed by atoms with Gasteiger partial charge in [-0.3, -0.25) is 14.9 Å². The molecule has 27 heavy (non-hydrogen) atoms. The van der Waals surface area contributed by atoms with E-state index in [1.807, 2.05) is 4.90 Å². The SMILES string of the molecule is O=C(C1CCN(c2ccc(C(F)(F)F)cc2[N+](=O)[O-])CC1)N1CCCCC1. The van der Waals surface area contributed by atoms with E-state index in [2.05, 4.69) is 0 Å². The normalized spacial score (nSPS) is 19.2. The van der Waals surface area contributed by atoms with Gasteiger partial charge in [0.05, 0.1) is 10.5 Å². The van der Waals surface area contributed by atoms with Crippen molar-refractivity contribution in [2.24, 2.45) is 5.92 Å². The van der Waals surface area contributed by atoms with Crippen LogP contribution in [0, 0.1) is 16.0 Å². The van der Waals surface area contributed by atoms with Crippen LogP contribution in [-0.4, -0.2) is 41.9 Å². The van der Waals surface area contributed by atoms with Gasteiger partial charge in [-0.25, -0.2) is 0 Å². The molecule has 0 radical (unpaired) electrons. The lowest BCUT2D eigenvalue weighted by molar-refractivity contribution is -0.384. The van der Waals surface area contributed by atoms with Gasteiger partial charge in [0.2, 0.25) is 5.91 Å². The number of hydrogen-bond donors (Lipinski definition) is 0. The Labute approximate surface area is 155 Å². The van der Waals surface area contributed by atoms with Crippen LogP contribution < -0.4 is 4.90 Å². The first kappa shape index (κ1) is 19.4. The van der Waals surface area contributed by atoms with E-state index in [0.29, 0.717) is 32.0 Å². The average Bonchev–Trinajstić information content (AvgIpc) is 2.67. The van der Waals surface area contributed by atoms with E-state index in [0.717, 1.165) is 44.5 Å². The van der Waals surface area contributed by atoms with Crippen molar-refractivity contribution in [3.63, 3.8) is 0 Å². The fourth-order valence-corrected chi connectivity index (χ4v) is 3.85.